The molecule has 5 heteroatoms. The Kier molecular flexibility index (Phi) is 4.44. The normalized spacial score (nSPS) is 16.0. The van der Waals surface area contributed by atoms with E-state index in [4.69, 9.17) is 4.74 Å². The zero-order valence-corrected chi connectivity index (χ0v) is 14.7. The van der Waals surface area contributed by atoms with Crippen molar-refractivity contribution in [3.8, 4) is 11.4 Å². The lowest BCUT2D eigenvalue weighted by Crippen LogP contribution is -2.31. The van der Waals surface area contributed by atoms with E-state index in [2.05, 4.69) is 28.6 Å². The highest BCUT2D eigenvalue weighted by Gasteiger charge is 2.22. The fourth-order valence-corrected chi connectivity index (χ4v) is 3.46. The average molecular weight is 347 g/mol. The number of benzene rings is 2. The largest absolute Gasteiger partial charge is 0.497 e. The number of aromatic nitrogens is 2. The molecule has 0 bridgehead atoms. The number of nitrogens with one attached hydrogen (secondary N) is 1. The lowest BCUT2D eigenvalue weighted by Gasteiger charge is -2.26. The molecule has 2 aromatic carbocycles. The van der Waals surface area contributed by atoms with Gasteiger partial charge in [-0.05, 0) is 60.7 Å². The first kappa shape index (κ1) is 16.4. The number of hydrogen-bond donors (Lipinski definition) is 1. The van der Waals surface area contributed by atoms with E-state index in [9.17, 15) is 4.79 Å². The molecule has 1 N–H and O–H groups in total. The fraction of sp³-hybridized carbons (Fsp3) is 0.238. The third-order valence-corrected chi connectivity index (χ3v) is 4.83. The summed E-state index contributed by atoms with van der Waals surface area (Å²) in [6.07, 6.45) is 4.92. The van der Waals surface area contributed by atoms with Crippen molar-refractivity contribution in [2.45, 2.75) is 25.3 Å². The van der Waals surface area contributed by atoms with Crippen molar-refractivity contribution in [3.05, 3.63) is 77.6 Å². The van der Waals surface area contributed by atoms with Gasteiger partial charge < -0.3 is 10.1 Å². The van der Waals surface area contributed by atoms with Gasteiger partial charge in [-0.1, -0.05) is 24.3 Å². The number of hydrogen-bond acceptors (Lipinski definition) is 3. The third kappa shape index (κ3) is 3.20. The molecule has 1 amide bonds. The molecule has 1 aromatic heterocycles. The van der Waals surface area contributed by atoms with Gasteiger partial charge in [0.25, 0.3) is 5.91 Å². The molecular formula is C21H21N3O2. The molecule has 132 valence electrons. The predicted molar refractivity (Wildman–Crippen MR) is 99.7 cm³/mol. The molecule has 0 saturated carbocycles. The van der Waals surface area contributed by atoms with Gasteiger partial charge in [0.1, 0.15) is 5.75 Å². The zero-order chi connectivity index (χ0) is 17.9. The van der Waals surface area contributed by atoms with E-state index in [1.54, 1.807) is 24.1 Å². The SMILES string of the molecule is COc1ccc(-n2ccc(C(=O)NC3CCCc4ccccc43)n2)cc1. The Labute approximate surface area is 152 Å². The van der Waals surface area contributed by atoms with Gasteiger partial charge in [0, 0.05) is 6.20 Å². The summed E-state index contributed by atoms with van der Waals surface area (Å²) >= 11 is 0. The lowest BCUT2D eigenvalue weighted by atomic mass is 9.88. The molecule has 1 aliphatic rings. The summed E-state index contributed by atoms with van der Waals surface area (Å²) in [4.78, 5) is 12.7. The summed E-state index contributed by atoms with van der Waals surface area (Å²) in [6, 6.07) is 17.7. The second kappa shape index (κ2) is 7.04. The van der Waals surface area contributed by atoms with Crippen molar-refractivity contribution in [1.82, 2.24) is 15.1 Å². The molecule has 1 aliphatic carbocycles. The topological polar surface area (TPSA) is 56.1 Å². The molecule has 0 radical (unpaired) electrons. The highest BCUT2D eigenvalue weighted by atomic mass is 16.5. The van der Waals surface area contributed by atoms with Crippen LogP contribution >= 0.6 is 0 Å². The van der Waals surface area contributed by atoms with Crippen LogP contribution in [0.15, 0.2) is 60.8 Å². The molecule has 1 unspecified atom stereocenters. The molecule has 0 spiro atoms. The van der Waals surface area contributed by atoms with Crippen LogP contribution < -0.4 is 10.1 Å². The number of amides is 1. The van der Waals surface area contributed by atoms with Crippen molar-refractivity contribution in [2.24, 2.45) is 0 Å². The van der Waals surface area contributed by atoms with E-state index in [0.29, 0.717) is 5.69 Å². The Morgan fingerprint density at radius 3 is 2.77 bits per heavy atom. The van der Waals surface area contributed by atoms with Crippen LogP contribution in [0.2, 0.25) is 0 Å². The zero-order valence-electron chi connectivity index (χ0n) is 14.7. The van der Waals surface area contributed by atoms with Crippen LogP contribution in [-0.2, 0) is 6.42 Å². The van der Waals surface area contributed by atoms with Crippen molar-refractivity contribution in [1.29, 1.82) is 0 Å². The quantitative estimate of drug-likeness (QED) is 0.783. The standard InChI is InChI=1S/C21H21N3O2/c1-26-17-11-9-16(10-12-17)24-14-13-20(23-24)21(25)22-19-8-4-6-15-5-2-3-7-18(15)19/h2-3,5,7,9-14,19H,4,6,8H2,1H3,(H,22,25). The van der Waals surface area contributed by atoms with Crippen LogP contribution in [0.4, 0.5) is 0 Å². The maximum Gasteiger partial charge on any atom is 0.272 e. The first-order chi connectivity index (χ1) is 12.7. The number of carbonyl (C=O) groups is 1. The Bertz CT molecular complexity index is 915. The van der Waals surface area contributed by atoms with Crippen molar-refractivity contribution >= 4 is 5.91 Å². The van der Waals surface area contributed by atoms with Crippen molar-refractivity contribution in [2.75, 3.05) is 7.11 Å². The smallest absolute Gasteiger partial charge is 0.272 e. The summed E-state index contributed by atoms with van der Waals surface area (Å²) in [7, 11) is 1.63. The summed E-state index contributed by atoms with van der Waals surface area (Å²) in [5.74, 6) is 0.647. The molecule has 5 nitrogen and oxygen atoms in total. The van der Waals surface area contributed by atoms with E-state index in [1.807, 2.05) is 30.3 Å². The van der Waals surface area contributed by atoms with Crippen LogP contribution in [0, 0.1) is 0 Å². The Morgan fingerprint density at radius 1 is 1.15 bits per heavy atom. The van der Waals surface area contributed by atoms with Gasteiger partial charge >= 0.3 is 0 Å². The first-order valence-electron chi connectivity index (χ1n) is 8.83. The number of methoxy groups -OCH3 is 1. The van der Waals surface area contributed by atoms with Gasteiger partial charge in [-0.15, -0.1) is 0 Å². The number of ether oxygens (including phenoxy) is 1. The molecular weight excluding hydrogens is 326 g/mol. The van der Waals surface area contributed by atoms with Crippen LogP contribution in [0.1, 0.15) is 40.5 Å². The first-order valence-corrected chi connectivity index (χ1v) is 8.83. The second-order valence-electron chi connectivity index (χ2n) is 6.46. The highest BCUT2D eigenvalue weighted by Crippen LogP contribution is 2.29. The summed E-state index contributed by atoms with van der Waals surface area (Å²) < 4.78 is 6.87. The van der Waals surface area contributed by atoms with E-state index in [0.717, 1.165) is 30.7 Å². The molecule has 26 heavy (non-hydrogen) atoms. The molecule has 0 fully saturated rings. The van der Waals surface area contributed by atoms with Gasteiger partial charge in [0.2, 0.25) is 0 Å². The Balaban J connectivity index is 1.50. The van der Waals surface area contributed by atoms with Crippen molar-refractivity contribution < 1.29 is 9.53 Å². The number of nitrogens with zero attached hydrogens (tertiary/aromatic N) is 2. The van der Waals surface area contributed by atoms with Crippen LogP contribution in [-0.4, -0.2) is 22.8 Å². The van der Waals surface area contributed by atoms with Crippen LogP contribution in [0.5, 0.6) is 5.75 Å². The second-order valence-corrected chi connectivity index (χ2v) is 6.46. The highest BCUT2D eigenvalue weighted by molar-refractivity contribution is 5.92. The maximum absolute atomic E-state index is 12.7. The predicted octanol–water partition coefficient (Wildman–Crippen LogP) is 3.69. The molecule has 1 atom stereocenters. The molecule has 1 heterocycles. The minimum atomic E-state index is -0.140. The lowest BCUT2D eigenvalue weighted by molar-refractivity contribution is 0.0927. The molecule has 0 saturated heterocycles. The van der Waals surface area contributed by atoms with Crippen LogP contribution in [0.3, 0.4) is 0 Å². The summed E-state index contributed by atoms with van der Waals surface area (Å²) in [5.41, 5.74) is 3.85. The van der Waals surface area contributed by atoms with Gasteiger partial charge in [-0.25, -0.2) is 4.68 Å². The van der Waals surface area contributed by atoms with Gasteiger partial charge in [-0.2, -0.15) is 5.10 Å². The molecule has 4 rings (SSSR count). The third-order valence-electron chi connectivity index (χ3n) is 4.83. The fourth-order valence-electron chi connectivity index (χ4n) is 3.46. The number of carbonyl (C=O) groups excluding carboxylic acids is 1. The molecule has 0 aliphatic heterocycles. The molecule has 3 aromatic rings. The van der Waals surface area contributed by atoms with E-state index < -0.39 is 0 Å². The number of aryl methyl sites for hydroxylation is 1. The average Bonchev–Trinajstić information content (AvgIpc) is 3.19. The minimum Gasteiger partial charge on any atom is -0.497 e. The van der Waals surface area contributed by atoms with E-state index >= 15 is 0 Å². The number of fused-ring (bicyclic) bond motifs is 1. The maximum atomic E-state index is 12.7. The Morgan fingerprint density at radius 2 is 1.96 bits per heavy atom. The Hall–Kier alpha value is -3.08. The number of rotatable bonds is 4. The van der Waals surface area contributed by atoms with E-state index in [1.165, 1.54) is 11.1 Å². The van der Waals surface area contributed by atoms with Crippen LogP contribution in [0.25, 0.3) is 5.69 Å². The summed E-state index contributed by atoms with van der Waals surface area (Å²) in [5, 5.41) is 7.56. The minimum absolute atomic E-state index is 0.0542. The van der Waals surface area contributed by atoms with Gasteiger partial charge in [-0.3, -0.25) is 4.79 Å². The van der Waals surface area contributed by atoms with Crippen molar-refractivity contribution in [3.63, 3.8) is 0 Å². The van der Waals surface area contributed by atoms with E-state index in [-0.39, 0.29) is 11.9 Å². The van der Waals surface area contributed by atoms with Gasteiger partial charge in [0.05, 0.1) is 18.8 Å². The monoisotopic (exact) mass is 347 g/mol. The summed E-state index contributed by atoms with van der Waals surface area (Å²) in [6.45, 7) is 0. The van der Waals surface area contributed by atoms with Gasteiger partial charge in [0.15, 0.2) is 5.69 Å².